The number of nitrogens with one attached hydrogen (secondary N) is 5. The van der Waals surface area contributed by atoms with E-state index >= 15 is 0 Å². The highest BCUT2D eigenvalue weighted by atomic mass is 16.5. The summed E-state index contributed by atoms with van der Waals surface area (Å²) in [4.78, 5) is 88.6. The second-order valence-corrected chi connectivity index (χ2v) is 16.0. The van der Waals surface area contributed by atoms with Crippen LogP contribution in [0.15, 0.2) is 48.8 Å². The number of hydrogen-bond acceptors (Lipinski definition) is 11. The van der Waals surface area contributed by atoms with E-state index in [2.05, 4.69) is 42.7 Å². The Kier molecular flexibility index (Phi) is 11.0. The number of benzene rings is 2. The maximum absolute atomic E-state index is 13.6. The lowest BCUT2D eigenvalue weighted by molar-refractivity contribution is -0.347. The summed E-state index contributed by atoms with van der Waals surface area (Å²) in [7, 11) is 2.56. The highest BCUT2D eigenvalue weighted by molar-refractivity contribution is 5.91. The standard InChI is InChI=1S/C42H48N12O6/c1-21(2)31(47-41(57)59-5)39(55)53-15-7-9-29(53)33-49-35-37(51-33)45-27(19-43-35)25-13-11-24-18-26(14-12-23(24)17-25)28-20-44-36-38(46-28)52-34(50-36)30-10-8-16-54(30)40(56)32(22(3)4)48-42(58)60-6/h11-14,17-22,29-32H,7-10,15-16H2,1-6H3,(H,47,57)(H,48,58)(H,43,45,49,51)(H,44,46,50,52)/p+1/t29-,30+,31-,32-/m0/s1. The maximum atomic E-state index is 13.6. The molecule has 2 aliphatic heterocycles. The number of amides is 4. The van der Waals surface area contributed by atoms with Crippen molar-refractivity contribution in [3.05, 3.63) is 60.4 Å². The summed E-state index contributed by atoms with van der Waals surface area (Å²) >= 11 is 0. The summed E-state index contributed by atoms with van der Waals surface area (Å²) in [5, 5.41) is 7.39. The second kappa shape index (κ2) is 16.5. The normalized spacial score (nSPS) is 17.8. The molecule has 0 aliphatic carbocycles. The van der Waals surface area contributed by atoms with E-state index in [1.165, 1.54) is 14.2 Å². The molecule has 18 nitrogen and oxygen atoms in total. The SMILES string of the molecule is COC(=O)N[C@H](C(=O)N1CCC[C@@H]1c1nc2ncc(-c3ccc4cc(-c5c[nH+]c6nc([C@@H]7CCCN7C(=O)[C@@H](NC(=O)OC)C(C)C)[nH]c6n5)ccc4c3)nc2[nH]1)C(C)C. The molecule has 0 spiro atoms. The predicted octanol–water partition coefficient (Wildman–Crippen LogP) is 5.01. The Hall–Kier alpha value is -6.72. The number of alkyl carbamates (subject to hydrolysis) is 2. The van der Waals surface area contributed by atoms with Crippen molar-refractivity contribution >= 4 is 57.4 Å². The highest BCUT2D eigenvalue weighted by Gasteiger charge is 2.40. The number of rotatable bonds is 10. The van der Waals surface area contributed by atoms with Crippen LogP contribution in [0.3, 0.4) is 0 Å². The lowest BCUT2D eigenvalue weighted by atomic mass is 10.0. The van der Waals surface area contributed by atoms with E-state index in [1.807, 2.05) is 58.2 Å². The van der Waals surface area contributed by atoms with Gasteiger partial charge in [-0.15, -0.1) is 0 Å². The molecule has 6 aromatic rings. The number of carbonyl (C=O) groups excluding carboxylic acids is 4. The number of methoxy groups -OCH3 is 2. The average molecular weight is 818 g/mol. The first-order valence-electron chi connectivity index (χ1n) is 20.3. The molecule has 2 fully saturated rings. The van der Waals surface area contributed by atoms with Crippen LogP contribution in [0.25, 0.3) is 55.9 Å². The van der Waals surface area contributed by atoms with Crippen LogP contribution in [-0.4, -0.2) is 108 Å². The fraction of sp³-hybridized carbons (Fsp3) is 0.429. The molecule has 4 amide bonds. The maximum Gasteiger partial charge on any atom is 0.407 e. The third kappa shape index (κ3) is 7.76. The molecule has 4 atom stereocenters. The van der Waals surface area contributed by atoms with Crippen LogP contribution < -0.4 is 15.6 Å². The van der Waals surface area contributed by atoms with Gasteiger partial charge in [-0.3, -0.25) is 14.6 Å². The lowest BCUT2D eigenvalue weighted by Crippen LogP contribution is -2.51. The van der Waals surface area contributed by atoms with Gasteiger partial charge in [-0.2, -0.15) is 0 Å². The van der Waals surface area contributed by atoms with Crippen LogP contribution in [0.4, 0.5) is 9.59 Å². The third-order valence-electron chi connectivity index (χ3n) is 11.4. The molecule has 4 aromatic heterocycles. The number of carbonyl (C=O) groups is 4. The van der Waals surface area contributed by atoms with Gasteiger partial charge >= 0.3 is 17.8 Å². The smallest absolute Gasteiger partial charge is 0.407 e. The molecule has 8 rings (SSSR count). The minimum Gasteiger partial charge on any atom is -0.453 e. The summed E-state index contributed by atoms with van der Waals surface area (Å²) < 4.78 is 9.53. The zero-order valence-electron chi connectivity index (χ0n) is 34.4. The molecule has 6 heterocycles. The van der Waals surface area contributed by atoms with Crippen molar-refractivity contribution in [1.29, 1.82) is 0 Å². The molecule has 60 heavy (non-hydrogen) atoms. The molecule has 5 N–H and O–H groups in total. The fourth-order valence-corrected chi connectivity index (χ4v) is 8.22. The Balaban J connectivity index is 0.993. The first kappa shape index (κ1) is 40.1. The van der Waals surface area contributed by atoms with E-state index in [-0.39, 0.29) is 35.7 Å². The van der Waals surface area contributed by atoms with Gasteiger partial charge in [0.05, 0.1) is 32.2 Å². The molecule has 0 bridgehead atoms. The van der Waals surface area contributed by atoms with Gasteiger partial charge in [0.25, 0.3) is 0 Å². The first-order valence-corrected chi connectivity index (χ1v) is 20.3. The van der Waals surface area contributed by atoms with Gasteiger partial charge in [0.15, 0.2) is 11.3 Å². The number of ether oxygens (including phenoxy) is 2. The third-order valence-corrected chi connectivity index (χ3v) is 11.4. The Bertz CT molecular complexity index is 2430. The Labute approximate surface area is 345 Å². The number of hydrogen-bond donors (Lipinski definition) is 4. The molecular formula is C42H49N12O6+. The highest BCUT2D eigenvalue weighted by Crippen LogP contribution is 2.35. The Morgan fingerprint density at radius 1 is 0.717 bits per heavy atom. The van der Waals surface area contributed by atoms with Crippen molar-refractivity contribution in [1.82, 2.24) is 55.3 Å². The second-order valence-electron chi connectivity index (χ2n) is 16.0. The monoisotopic (exact) mass is 817 g/mol. The number of aromatic nitrogens is 8. The van der Waals surface area contributed by atoms with Crippen molar-refractivity contribution in [2.75, 3.05) is 27.3 Å². The Morgan fingerprint density at radius 3 is 1.78 bits per heavy atom. The molecule has 312 valence electrons. The first-order chi connectivity index (χ1) is 28.9. The number of likely N-dealkylation sites (tertiary alicyclic amines) is 2. The topological polar surface area (TPSA) is 227 Å². The van der Waals surface area contributed by atoms with Crippen molar-refractivity contribution in [3.8, 4) is 22.5 Å². The van der Waals surface area contributed by atoms with Crippen LogP contribution >= 0.6 is 0 Å². The van der Waals surface area contributed by atoms with Gasteiger partial charge in [0, 0.05) is 24.2 Å². The summed E-state index contributed by atoms with van der Waals surface area (Å²) in [6.45, 7) is 8.65. The Morgan fingerprint density at radius 2 is 1.23 bits per heavy atom. The van der Waals surface area contributed by atoms with Crippen molar-refractivity contribution in [2.45, 2.75) is 77.5 Å². The van der Waals surface area contributed by atoms with Gasteiger partial charge in [0.1, 0.15) is 35.8 Å². The quantitative estimate of drug-likeness (QED) is 0.144. The van der Waals surface area contributed by atoms with E-state index in [9.17, 15) is 19.2 Å². The van der Waals surface area contributed by atoms with E-state index in [0.717, 1.165) is 53.3 Å². The summed E-state index contributed by atoms with van der Waals surface area (Å²) in [6.07, 6.45) is 5.29. The summed E-state index contributed by atoms with van der Waals surface area (Å²) in [6, 6.07) is 10.2. The van der Waals surface area contributed by atoms with E-state index < -0.39 is 24.3 Å². The lowest BCUT2D eigenvalue weighted by Gasteiger charge is -2.29. The average Bonchev–Trinajstić information content (AvgIpc) is 4.08. The molecular weight excluding hydrogens is 769 g/mol. The number of H-pyrrole nitrogens is 3. The van der Waals surface area contributed by atoms with Crippen LogP contribution in [0, 0.1) is 11.8 Å². The number of aromatic amines is 3. The van der Waals surface area contributed by atoms with Crippen LogP contribution in [0.1, 0.15) is 77.1 Å². The van der Waals surface area contributed by atoms with E-state index in [0.29, 0.717) is 53.0 Å². The van der Waals surface area contributed by atoms with Gasteiger partial charge in [-0.1, -0.05) is 52.0 Å². The zero-order chi connectivity index (χ0) is 42.2. The van der Waals surface area contributed by atoms with Crippen LogP contribution in [-0.2, 0) is 19.1 Å². The molecule has 18 heteroatoms. The summed E-state index contributed by atoms with van der Waals surface area (Å²) in [5.74, 6) is 0.616. The van der Waals surface area contributed by atoms with E-state index in [4.69, 9.17) is 29.4 Å². The predicted molar refractivity (Wildman–Crippen MR) is 220 cm³/mol. The number of fused-ring (bicyclic) bond motifs is 3. The largest absolute Gasteiger partial charge is 0.453 e. The molecule has 2 saturated heterocycles. The van der Waals surface area contributed by atoms with Crippen molar-refractivity contribution < 1.29 is 33.6 Å². The fourth-order valence-electron chi connectivity index (χ4n) is 8.22. The van der Waals surface area contributed by atoms with Crippen LogP contribution in [0.2, 0.25) is 0 Å². The van der Waals surface area contributed by atoms with E-state index in [1.54, 1.807) is 16.0 Å². The molecule has 0 radical (unpaired) electrons. The molecule has 2 aliphatic rings. The summed E-state index contributed by atoms with van der Waals surface area (Å²) in [5.41, 5.74) is 5.31. The minimum absolute atomic E-state index is 0.133. The van der Waals surface area contributed by atoms with Crippen molar-refractivity contribution in [2.24, 2.45) is 11.8 Å². The van der Waals surface area contributed by atoms with Crippen LogP contribution in [0.5, 0.6) is 0 Å². The molecule has 0 unspecified atom stereocenters. The molecule has 0 saturated carbocycles. The number of nitrogens with zero attached hydrogens (tertiary/aromatic N) is 7. The molecule has 2 aromatic carbocycles. The number of imidazole rings is 2. The van der Waals surface area contributed by atoms with Gasteiger partial charge in [-0.25, -0.2) is 34.5 Å². The van der Waals surface area contributed by atoms with Gasteiger partial charge in [-0.05, 0) is 65.4 Å². The zero-order valence-corrected chi connectivity index (χ0v) is 34.4. The van der Waals surface area contributed by atoms with Crippen molar-refractivity contribution in [3.63, 3.8) is 0 Å². The minimum atomic E-state index is -0.728. The van der Waals surface area contributed by atoms with Gasteiger partial charge in [0.2, 0.25) is 23.3 Å². The van der Waals surface area contributed by atoms with Gasteiger partial charge < -0.3 is 34.9 Å².